The van der Waals surface area contributed by atoms with Crippen molar-refractivity contribution in [3.63, 3.8) is 0 Å². The van der Waals surface area contributed by atoms with Gasteiger partial charge < -0.3 is 0 Å². The van der Waals surface area contributed by atoms with Gasteiger partial charge in [0.1, 0.15) is 0 Å². The van der Waals surface area contributed by atoms with Crippen molar-refractivity contribution in [3.8, 4) is 0 Å². The van der Waals surface area contributed by atoms with Gasteiger partial charge in [0.25, 0.3) is 0 Å². The lowest BCUT2D eigenvalue weighted by Gasteiger charge is -2.18. The molecule has 0 unspecified atom stereocenters. The minimum absolute atomic E-state index is 0.212. The summed E-state index contributed by atoms with van der Waals surface area (Å²) in [4.78, 5) is 2.21. The zero-order chi connectivity index (χ0) is 14.0. The molecule has 1 aliphatic rings. The monoisotopic (exact) mass is 285 g/mol. The molecule has 5 nitrogen and oxygen atoms in total. The molecule has 0 amide bonds. The molecule has 0 aromatic carbocycles. The number of hydrogen-bond acceptors (Lipinski definition) is 4. The lowest BCUT2D eigenvalue weighted by molar-refractivity contribution is 0.283. The molecule has 2 rings (SSSR count). The highest BCUT2D eigenvalue weighted by molar-refractivity contribution is 7.92. The van der Waals surface area contributed by atoms with Crippen LogP contribution in [0.4, 0.5) is 0 Å². The summed E-state index contributed by atoms with van der Waals surface area (Å²) in [5, 5.41) is 4.11. The molecule has 0 spiro atoms. The van der Waals surface area contributed by atoms with Gasteiger partial charge in [-0.25, -0.2) is 8.42 Å². The molecule has 1 saturated heterocycles. The highest BCUT2D eigenvalue weighted by Gasteiger charge is 2.26. The lowest BCUT2D eigenvalue weighted by Crippen LogP contribution is -2.26. The van der Waals surface area contributed by atoms with Crippen molar-refractivity contribution < 1.29 is 8.42 Å². The Morgan fingerprint density at radius 3 is 2.79 bits per heavy atom. The van der Waals surface area contributed by atoms with E-state index in [1.54, 1.807) is 0 Å². The van der Waals surface area contributed by atoms with E-state index in [0.717, 1.165) is 25.1 Å². The van der Waals surface area contributed by atoms with Crippen LogP contribution in [0.5, 0.6) is 0 Å². The van der Waals surface area contributed by atoms with Gasteiger partial charge in [-0.05, 0) is 33.7 Å². The molecule has 1 fully saturated rings. The van der Waals surface area contributed by atoms with E-state index in [2.05, 4.69) is 23.8 Å². The van der Waals surface area contributed by atoms with E-state index in [1.807, 2.05) is 24.0 Å². The second-order valence-corrected chi connectivity index (χ2v) is 8.20. The smallest absolute Gasteiger partial charge is 0.154 e. The average molecular weight is 285 g/mol. The number of sulfone groups is 1. The summed E-state index contributed by atoms with van der Waals surface area (Å²) in [5.74, 6) is 0.270. The molecule has 0 N–H and O–H groups in total. The third-order valence-electron chi connectivity index (χ3n) is 3.75. The lowest BCUT2D eigenvalue weighted by atomic mass is 10.2. The highest BCUT2D eigenvalue weighted by atomic mass is 32.2. The van der Waals surface area contributed by atoms with Crippen molar-refractivity contribution in [3.05, 3.63) is 18.0 Å². The molecular formula is C13H23N3O2S. The molecule has 1 aliphatic heterocycles. The van der Waals surface area contributed by atoms with Crippen molar-refractivity contribution >= 4 is 9.84 Å². The van der Waals surface area contributed by atoms with E-state index in [-0.39, 0.29) is 11.0 Å². The molecule has 108 valence electrons. The Balaban J connectivity index is 1.99. The minimum Gasteiger partial charge on any atom is -0.298 e. The van der Waals surface area contributed by atoms with Crippen LogP contribution in [0, 0.1) is 0 Å². The van der Waals surface area contributed by atoms with Gasteiger partial charge in [0, 0.05) is 30.9 Å². The summed E-state index contributed by atoms with van der Waals surface area (Å²) in [7, 11) is -2.89. The van der Waals surface area contributed by atoms with Crippen LogP contribution in [-0.4, -0.2) is 47.2 Å². The zero-order valence-corrected chi connectivity index (χ0v) is 12.7. The van der Waals surface area contributed by atoms with Crippen LogP contribution in [0.2, 0.25) is 0 Å². The topological polar surface area (TPSA) is 55.2 Å². The Morgan fingerprint density at radius 2 is 2.16 bits per heavy atom. The SMILES string of the molecule is CC(C)n1cc(CN2CC[C@H](C)S(=O)(=O)CC2)cn1. The van der Waals surface area contributed by atoms with Gasteiger partial charge >= 0.3 is 0 Å². The van der Waals surface area contributed by atoms with Gasteiger partial charge in [-0.15, -0.1) is 0 Å². The summed E-state index contributed by atoms with van der Waals surface area (Å²) in [6, 6.07) is 0.360. The van der Waals surface area contributed by atoms with Crippen LogP contribution in [0.1, 0.15) is 38.8 Å². The Bertz CT molecular complexity index is 522. The molecule has 1 aromatic rings. The highest BCUT2D eigenvalue weighted by Crippen LogP contribution is 2.15. The molecule has 0 aliphatic carbocycles. The Morgan fingerprint density at radius 1 is 1.42 bits per heavy atom. The zero-order valence-electron chi connectivity index (χ0n) is 11.9. The molecule has 0 bridgehead atoms. The molecule has 0 radical (unpaired) electrons. The van der Waals surface area contributed by atoms with E-state index in [1.165, 1.54) is 0 Å². The van der Waals surface area contributed by atoms with Gasteiger partial charge in [-0.3, -0.25) is 9.58 Å². The van der Waals surface area contributed by atoms with Crippen LogP contribution in [0.3, 0.4) is 0 Å². The largest absolute Gasteiger partial charge is 0.298 e. The normalized spacial score (nSPS) is 24.5. The predicted octanol–water partition coefficient (Wildman–Crippen LogP) is 1.47. The number of nitrogens with zero attached hydrogens (tertiary/aromatic N) is 3. The fourth-order valence-electron chi connectivity index (χ4n) is 2.27. The first-order valence-corrected chi connectivity index (χ1v) is 8.57. The maximum absolute atomic E-state index is 11.8. The van der Waals surface area contributed by atoms with Crippen LogP contribution in [0.15, 0.2) is 12.4 Å². The van der Waals surface area contributed by atoms with Crippen molar-refractivity contribution in [1.82, 2.24) is 14.7 Å². The van der Waals surface area contributed by atoms with Crippen LogP contribution >= 0.6 is 0 Å². The van der Waals surface area contributed by atoms with Crippen molar-refractivity contribution in [1.29, 1.82) is 0 Å². The second-order valence-electron chi connectivity index (χ2n) is 5.66. The Kier molecular flexibility index (Phi) is 4.30. The van der Waals surface area contributed by atoms with E-state index in [0.29, 0.717) is 12.6 Å². The number of aromatic nitrogens is 2. The average Bonchev–Trinajstić information content (AvgIpc) is 2.76. The van der Waals surface area contributed by atoms with Crippen molar-refractivity contribution in [2.24, 2.45) is 0 Å². The second kappa shape index (κ2) is 5.63. The van der Waals surface area contributed by atoms with E-state index in [4.69, 9.17) is 0 Å². The van der Waals surface area contributed by atoms with Crippen LogP contribution in [0.25, 0.3) is 0 Å². The summed E-state index contributed by atoms with van der Waals surface area (Å²) >= 11 is 0. The molecule has 1 aromatic heterocycles. The van der Waals surface area contributed by atoms with Crippen LogP contribution in [-0.2, 0) is 16.4 Å². The van der Waals surface area contributed by atoms with Crippen molar-refractivity contribution in [2.75, 3.05) is 18.8 Å². The van der Waals surface area contributed by atoms with Crippen LogP contribution < -0.4 is 0 Å². The van der Waals surface area contributed by atoms with Gasteiger partial charge in [-0.2, -0.15) is 5.10 Å². The summed E-state index contributed by atoms with van der Waals surface area (Å²) in [6.07, 6.45) is 4.65. The first-order chi connectivity index (χ1) is 8.88. The maximum atomic E-state index is 11.8. The maximum Gasteiger partial charge on any atom is 0.154 e. The molecule has 0 saturated carbocycles. The minimum atomic E-state index is -2.89. The van der Waals surface area contributed by atoms with E-state index < -0.39 is 9.84 Å². The third-order valence-corrected chi connectivity index (χ3v) is 5.96. The van der Waals surface area contributed by atoms with E-state index >= 15 is 0 Å². The molecule has 6 heteroatoms. The molecule has 19 heavy (non-hydrogen) atoms. The molecular weight excluding hydrogens is 262 g/mol. The number of hydrogen-bond donors (Lipinski definition) is 0. The number of rotatable bonds is 3. The molecule has 1 atom stereocenters. The summed E-state index contributed by atoms with van der Waals surface area (Å²) in [5.41, 5.74) is 1.15. The molecule has 2 heterocycles. The van der Waals surface area contributed by atoms with Crippen molar-refractivity contribution in [2.45, 2.75) is 45.0 Å². The summed E-state index contributed by atoms with van der Waals surface area (Å²) in [6.45, 7) is 8.26. The fraction of sp³-hybridized carbons (Fsp3) is 0.769. The van der Waals surface area contributed by atoms with Gasteiger partial charge in [0.2, 0.25) is 0 Å². The van der Waals surface area contributed by atoms with Gasteiger partial charge in [0.05, 0.1) is 17.2 Å². The predicted molar refractivity (Wildman–Crippen MR) is 75.8 cm³/mol. The van der Waals surface area contributed by atoms with Gasteiger partial charge in [0.15, 0.2) is 9.84 Å². The first kappa shape index (κ1) is 14.5. The van der Waals surface area contributed by atoms with Gasteiger partial charge in [-0.1, -0.05) is 0 Å². The first-order valence-electron chi connectivity index (χ1n) is 6.85. The Labute approximate surface area is 115 Å². The summed E-state index contributed by atoms with van der Waals surface area (Å²) < 4.78 is 25.6. The quantitative estimate of drug-likeness (QED) is 0.844. The van der Waals surface area contributed by atoms with E-state index in [9.17, 15) is 8.42 Å². The fourth-order valence-corrected chi connectivity index (χ4v) is 3.65. The standard InChI is InChI=1S/C13H23N3O2S/c1-11(2)16-10-13(8-14-16)9-15-5-4-12(3)19(17,18)7-6-15/h8,10-12H,4-7,9H2,1-3H3/t12-/m0/s1. The Hall–Kier alpha value is -0.880. The third kappa shape index (κ3) is 3.57.